The lowest BCUT2D eigenvalue weighted by Crippen LogP contribution is -2.30. The number of hydrogen-bond acceptors (Lipinski definition) is 4. The first kappa shape index (κ1) is 18.1. The Morgan fingerprint density at radius 3 is 2.45 bits per heavy atom. The van der Waals surface area contributed by atoms with E-state index in [-0.39, 0.29) is 0 Å². The molecule has 116 valence electrons. The zero-order valence-electron chi connectivity index (χ0n) is 12.6. The Kier molecular flexibility index (Phi) is 6.66. The van der Waals surface area contributed by atoms with E-state index in [9.17, 15) is 8.42 Å². The van der Waals surface area contributed by atoms with E-state index in [0.717, 1.165) is 4.88 Å². The molecule has 7 heteroatoms. The molecule has 0 unspecified atom stereocenters. The van der Waals surface area contributed by atoms with Gasteiger partial charge in [0, 0.05) is 31.1 Å². The van der Waals surface area contributed by atoms with Crippen LogP contribution in [0.5, 0.6) is 0 Å². The summed E-state index contributed by atoms with van der Waals surface area (Å²) in [6.07, 6.45) is 0. The lowest BCUT2D eigenvalue weighted by molar-refractivity contribution is 0.417. The molecule has 4 nitrogen and oxygen atoms in total. The van der Waals surface area contributed by atoms with Gasteiger partial charge in [-0.1, -0.05) is 27.7 Å². The van der Waals surface area contributed by atoms with Crippen LogP contribution >= 0.6 is 27.3 Å². The highest BCUT2D eigenvalue weighted by atomic mass is 79.9. The first-order valence-electron chi connectivity index (χ1n) is 6.62. The van der Waals surface area contributed by atoms with Gasteiger partial charge in [0.25, 0.3) is 0 Å². The molecule has 20 heavy (non-hydrogen) atoms. The molecular formula is C13H23BrN2O2S2. The van der Waals surface area contributed by atoms with Crippen molar-refractivity contribution >= 4 is 37.3 Å². The highest BCUT2D eigenvalue weighted by Gasteiger charge is 2.26. The molecule has 1 rings (SSSR count). The maximum atomic E-state index is 12.5. The molecule has 0 amide bonds. The van der Waals surface area contributed by atoms with Gasteiger partial charge in [0.15, 0.2) is 0 Å². The second-order valence-electron chi connectivity index (χ2n) is 5.57. The Hall–Kier alpha value is 0.0500. The molecule has 0 radical (unpaired) electrons. The summed E-state index contributed by atoms with van der Waals surface area (Å²) >= 11 is 4.85. The Morgan fingerprint density at radius 1 is 1.35 bits per heavy atom. The minimum Gasteiger partial charge on any atom is -0.310 e. The topological polar surface area (TPSA) is 49.4 Å². The van der Waals surface area contributed by atoms with Crippen LogP contribution in [0, 0.1) is 5.92 Å². The molecule has 1 heterocycles. The van der Waals surface area contributed by atoms with E-state index in [2.05, 4.69) is 35.1 Å². The molecule has 0 fully saturated rings. The fraction of sp³-hybridized carbons (Fsp3) is 0.692. The smallest absolute Gasteiger partial charge is 0.244 e. The van der Waals surface area contributed by atoms with Crippen LogP contribution in [0.1, 0.15) is 32.6 Å². The number of sulfonamides is 1. The van der Waals surface area contributed by atoms with Crippen LogP contribution in [-0.4, -0.2) is 32.4 Å². The predicted octanol–water partition coefficient (Wildman–Crippen LogP) is 3.29. The zero-order valence-corrected chi connectivity index (χ0v) is 15.8. The van der Waals surface area contributed by atoms with Crippen molar-refractivity contribution in [2.75, 3.05) is 13.6 Å². The average Bonchev–Trinajstić information content (AvgIpc) is 2.67. The molecule has 0 aliphatic rings. The van der Waals surface area contributed by atoms with Crippen LogP contribution < -0.4 is 5.32 Å². The maximum absolute atomic E-state index is 12.5. The molecule has 0 saturated heterocycles. The minimum absolute atomic E-state index is 0.300. The van der Waals surface area contributed by atoms with Gasteiger partial charge in [-0.3, -0.25) is 0 Å². The average molecular weight is 383 g/mol. The van der Waals surface area contributed by atoms with Crippen molar-refractivity contribution in [3.8, 4) is 0 Å². The van der Waals surface area contributed by atoms with E-state index < -0.39 is 10.0 Å². The molecule has 0 bridgehead atoms. The van der Waals surface area contributed by atoms with Crippen molar-refractivity contribution in [3.05, 3.63) is 14.7 Å². The zero-order chi connectivity index (χ0) is 15.5. The van der Waals surface area contributed by atoms with Crippen LogP contribution in [0.3, 0.4) is 0 Å². The third-order valence-electron chi connectivity index (χ3n) is 2.70. The summed E-state index contributed by atoms with van der Waals surface area (Å²) in [5, 5.41) is 3.30. The van der Waals surface area contributed by atoms with E-state index in [0.29, 0.717) is 33.7 Å². The lowest BCUT2D eigenvalue weighted by atomic mass is 10.2. The Balaban J connectivity index is 2.95. The maximum Gasteiger partial charge on any atom is 0.244 e. The monoisotopic (exact) mass is 382 g/mol. The summed E-state index contributed by atoms with van der Waals surface area (Å²) in [5.74, 6) is 0.300. The Labute approximate surface area is 134 Å². The molecule has 1 aromatic heterocycles. The van der Waals surface area contributed by atoms with Gasteiger partial charge in [0.05, 0.1) is 3.79 Å². The van der Waals surface area contributed by atoms with Crippen molar-refractivity contribution in [1.29, 1.82) is 0 Å². The number of nitrogens with one attached hydrogen (secondary N) is 1. The van der Waals surface area contributed by atoms with Crippen molar-refractivity contribution in [2.45, 2.75) is 45.2 Å². The van der Waals surface area contributed by atoms with Gasteiger partial charge >= 0.3 is 0 Å². The summed E-state index contributed by atoms with van der Waals surface area (Å²) < 4.78 is 27.1. The van der Waals surface area contributed by atoms with Gasteiger partial charge in [-0.15, -0.1) is 11.3 Å². The number of thiophene rings is 1. The molecule has 1 aromatic rings. The number of halogens is 1. The summed E-state index contributed by atoms with van der Waals surface area (Å²) in [7, 11) is -1.78. The van der Waals surface area contributed by atoms with Crippen LogP contribution in [0.15, 0.2) is 14.7 Å². The summed E-state index contributed by atoms with van der Waals surface area (Å²) in [4.78, 5) is 1.38. The third kappa shape index (κ3) is 4.80. The molecule has 0 atom stereocenters. The Morgan fingerprint density at radius 2 is 1.95 bits per heavy atom. The van der Waals surface area contributed by atoms with Crippen LogP contribution in [0.25, 0.3) is 0 Å². The van der Waals surface area contributed by atoms with Crippen LogP contribution in [-0.2, 0) is 16.6 Å². The fourth-order valence-corrected chi connectivity index (χ4v) is 5.66. The molecule has 1 N–H and O–H groups in total. The standard InChI is InChI=1S/C13H23BrN2O2S2/c1-9(2)8-16(5)20(17,18)12-6-11(19-13(12)14)7-15-10(3)4/h6,9-10,15H,7-8H2,1-5H3. The summed E-state index contributed by atoms with van der Waals surface area (Å²) in [5.41, 5.74) is 0. The van der Waals surface area contributed by atoms with E-state index in [1.54, 1.807) is 13.1 Å². The molecular weight excluding hydrogens is 360 g/mol. The van der Waals surface area contributed by atoms with Crippen molar-refractivity contribution < 1.29 is 8.42 Å². The third-order valence-corrected chi connectivity index (χ3v) is 6.78. The number of hydrogen-bond donors (Lipinski definition) is 1. The van der Waals surface area contributed by atoms with Crippen LogP contribution in [0.4, 0.5) is 0 Å². The van der Waals surface area contributed by atoms with Crippen molar-refractivity contribution in [2.24, 2.45) is 5.92 Å². The lowest BCUT2D eigenvalue weighted by Gasteiger charge is -2.18. The number of rotatable bonds is 7. The highest BCUT2D eigenvalue weighted by Crippen LogP contribution is 2.33. The second kappa shape index (κ2) is 7.35. The number of nitrogens with zero attached hydrogens (tertiary/aromatic N) is 1. The Bertz CT molecular complexity index is 539. The molecule has 0 aliphatic heterocycles. The van der Waals surface area contributed by atoms with E-state index in [1.807, 2.05) is 13.8 Å². The van der Waals surface area contributed by atoms with Gasteiger partial charge in [-0.2, -0.15) is 0 Å². The largest absolute Gasteiger partial charge is 0.310 e. The normalized spacial score (nSPS) is 12.8. The molecule has 0 spiro atoms. The van der Waals surface area contributed by atoms with Crippen molar-refractivity contribution in [3.63, 3.8) is 0 Å². The summed E-state index contributed by atoms with van der Waals surface area (Å²) in [6, 6.07) is 2.13. The second-order valence-corrected chi connectivity index (χ2v) is 10.0. The first-order valence-corrected chi connectivity index (χ1v) is 9.67. The van der Waals surface area contributed by atoms with Crippen LogP contribution in [0.2, 0.25) is 0 Å². The first-order chi connectivity index (χ1) is 9.14. The van der Waals surface area contributed by atoms with Gasteiger partial charge in [-0.25, -0.2) is 12.7 Å². The molecule has 0 aliphatic carbocycles. The van der Waals surface area contributed by atoms with E-state index in [4.69, 9.17) is 0 Å². The quantitative estimate of drug-likeness (QED) is 0.786. The van der Waals surface area contributed by atoms with Gasteiger partial charge in [0.2, 0.25) is 10.0 Å². The van der Waals surface area contributed by atoms with E-state index >= 15 is 0 Å². The SMILES string of the molecule is CC(C)CN(C)S(=O)(=O)c1cc(CNC(C)C)sc1Br. The summed E-state index contributed by atoms with van der Waals surface area (Å²) in [6.45, 7) is 9.35. The van der Waals surface area contributed by atoms with Crippen molar-refractivity contribution in [1.82, 2.24) is 9.62 Å². The highest BCUT2D eigenvalue weighted by molar-refractivity contribution is 9.11. The fourth-order valence-electron chi connectivity index (χ4n) is 1.75. The minimum atomic E-state index is -3.41. The molecule has 0 aromatic carbocycles. The van der Waals surface area contributed by atoms with E-state index in [1.165, 1.54) is 15.6 Å². The predicted molar refractivity (Wildman–Crippen MR) is 88.6 cm³/mol. The van der Waals surface area contributed by atoms with Gasteiger partial charge < -0.3 is 5.32 Å². The van der Waals surface area contributed by atoms with Gasteiger partial charge in [0.1, 0.15) is 4.90 Å². The van der Waals surface area contributed by atoms with Gasteiger partial charge in [-0.05, 0) is 27.9 Å². The molecule has 0 saturated carbocycles.